The minimum absolute atomic E-state index is 0.491. The van der Waals surface area contributed by atoms with Gasteiger partial charge in [-0.05, 0) is 28.7 Å². The minimum atomic E-state index is -3.07. The first-order valence-electron chi connectivity index (χ1n) is 3.18. The summed E-state index contributed by atoms with van der Waals surface area (Å²) in [6.07, 6.45) is 1.39. The Morgan fingerprint density at radius 3 is 2.58 bits per heavy atom. The summed E-state index contributed by atoms with van der Waals surface area (Å²) in [6.45, 7) is 0.702. The standard InChI is InChI=1S/C7H6F2INO/c1-7(8,9)5-2-4(10)3-11-6(5)12/h2-3H,1H3,(H,11,12). The van der Waals surface area contributed by atoms with E-state index in [9.17, 15) is 13.6 Å². The van der Waals surface area contributed by atoms with E-state index < -0.39 is 17.0 Å². The fourth-order valence-electron chi connectivity index (χ4n) is 0.783. The molecule has 0 saturated heterocycles. The van der Waals surface area contributed by atoms with Gasteiger partial charge < -0.3 is 4.98 Å². The van der Waals surface area contributed by atoms with Gasteiger partial charge in [-0.1, -0.05) is 0 Å². The van der Waals surface area contributed by atoms with E-state index >= 15 is 0 Å². The summed E-state index contributed by atoms with van der Waals surface area (Å²) in [5, 5.41) is 0. The molecule has 5 heteroatoms. The van der Waals surface area contributed by atoms with Crippen molar-refractivity contribution < 1.29 is 8.78 Å². The second kappa shape index (κ2) is 3.12. The molecule has 1 heterocycles. The molecule has 2 nitrogen and oxygen atoms in total. The molecule has 0 fully saturated rings. The Hall–Kier alpha value is -0.460. The van der Waals surface area contributed by atoms with Crippen LogP contribution in [0, 0.1) is 3.57 Å². The Bertz CT molecular complexity index is 342. The summed E-state index contributed by atoms with van der Waals surface area (Å²) in [7, 11) is 0. The zero-order valence-electron chi connectivity index (χ0n) is 6.20. The Morgan fingerprint density at radius 1 is 1.58 bits per heavy atom. The lowest BCUT2D eigenvalue weighted by Crippen LogP contribution is -2.22. The quantitative estimate of drug-likeness (QED) is 0.787. The molecule has 1 N–H and O–H groups in total. The number of hydrogen-bond donors (Lipinski definition) is 1. The smallest absolute Gasteiger partial charge is 0.275 e. The third-order valence-corrected chi connectivity index (χ3v) is 1.96. The number of nitrogens with one attached hydrogen (secondary N) is 1. The van der Waals surface area contributed by atoms with Crippen LogP contribution in [0.3, 0.4) is 0 Å². The average Bonchev–Trinajstić information content (AvgIpc) is 1.92. The molecule has 0 radical (unpaired) electrons. The molecular weight excluding hydrogens is 279 g/mol. The van der Waals surface area contributed by atoms with Crippen molar-refractivity contribution in [3.8, 4) is 0 Å². The summed E-state index contributed by atoms with van der Waals surface area (Å²) in [6, 6.07) is 1.18. The van der Waals surface area contributed by atoms with Gasteiger partial charge in [0, 0.05) is 16.7 Å². The highest BCUT2D eigenvalue weighted by Gasteiger charge is 2.27. The van der Waals surface area contributed by atoms with Crippen LogP contribution in [0.5, 0.6) is 0 Å². The van der Waals surface area contributed by atoms with E-state index in [1.807, 2.05) is 22.6 Å². The Labute approximate surface area is 81.1 Å². The van der Waals surface area contributed by atoms with Gasteiger partial charge in [-0.15, -0.1) is 0 Å². The van der Waals surface area contributed by atoms with Gasteiger partial charge in [0.05, 0.1) is 5.56 Å². The second-order valence-corrected chi connectivity index (χ2v) is 3.69. The maximum absolute atomic E-state index is 12.7. The number of alkyl halides is 2. The molecule has 66 valence electrons. The average molecular weight is 285 g/mol. The van der Waals surface area contributed by atoms with E-state index in [1.54, 1.807) is 0 Å². The van der Waals surface area contributed by atoms with Crippen LogP contribution in [0.4, 0.5) is 8.78 Å². The van der Waals surface area contributed by atoms with Crippen LogP contribution >= 0.6 is 22.6 Å². The third kappa shape index (κ3) is 2.02. The first kappa shape index (κ1) is 9.63. The van der Waals surface area contributed by atoms with E-state index in [2.05, 4.69) is 4.98 Å². The molecule has 1 aromatic heterocycles. The molecule has 1 aromatic rings. The number of H-pyrrole nitrogens is 1. The SMILES string of the molecule is CC(F)(F)c1cc(I)c[nH]c1=O. The van der Waals surface area contributed by atoms with Gasteiger partial charge in [-0.25, -0.2) is 8.78 Å². The zero-order chi connectivity index (χ0) is 9.35. The van der Waals surface area contributed by atoms with Crippen molar-refractivity contribution in [2.75, 3.05) is 0 Å². The second-order valence-electron chi connectivity index (χ2n) is 2.45. The van der Waals surface area contributed by atoms with Gasteiger partial charge in [0.15, 0.2) is 0 Å². The molecule has 0 aliphatic rings. The van der Waals surface area contributed by atoms with Gasteiger partial charge in [0.1, 0.15) is 0 Å². The van der Waals surface area contributed by atoms with Gasteiger partial charge in [0.25, 0.3) is 11.5 Å². The molecule has 0 bridgehead atoms. The molecule has 1 rings (SSSR count). The van der Waals surface area contributed by atoms with Crippen molar-refractivity contribution in [2.45, 2.75) is 12.8 Å². The maximum atomic E-state index is 12.7. The number of hydrogen-bond acceptors (Lipinski definition) is 1. The van der Waals surface area contributed by atoms with Crippen LogP contribution in [0.1, 0.15) is 12.5 Å². The van der Waals surface area contributed by atoms with E-state index in [-0.39, 0.29) is 0 Å². The zero-order valence-corrected chi connectivity index (χ0v) is 8.35. The number of aromatic amines is 1. The van der Waals surface area contributed by atoms with Gasteiger partial charge in [-0.3, -0.25) is 4.79 Å². The fraction of sp³-hybridized carbons (Fsp3) is 0.286. The maximum Gasteiger partial charge on any atom is 0.275 e. The molecule has 0 unspecified atom stereocenters. The predicted octanol–water partition coefficient (Wildman–Crippen LogP) is 2.09. The molecule has 0 amide bonds. The largest absolute Gasteiger partial charge is 0.328 e. The number of aromatic nitrogens is 1. The first-order valence-corrected chi connectivity index (χ1v) is 4.25. The fourth-order valence-corrected chi connectivity index (χ4v) is 1.25. The van der Waals surface area contributed by atoms with Crippen LogP contribution in [-0.2, 0) is 5.92 Å². The van der Waals surface area contributed by atoms with Crippen LogP contribution in [-0.4, -0.2) is 4.98 Å². The molecule has 0 saturated carbocycles. The van der Waals surface area contributed by atoms with Crippen molar-refractivity contribution in [2.24, 2.45) is 0 Å². The molecule has 0 atom stereocenters. The van der Waals surface area contributed by atoms with Crippen LogP contribution in [0.25, 0.3) is 0 Å². The summed E-state index contributed by atoms with van der Waals surface area (Å²) < 4.78 is 25.9. The molecule has 0 aliphatic heterocycles. The minimum Gasteiger partial charge on any atom is -0.328 e. The lowest BCUT2D eigenvalue weighted by molar-refractivity contribution is 0.0159. The van der Waals surface area contributed by atoms with Gasteiger partial charge in [0.2, 0.25) is 0 Å². The monoisotopic (exact) mass is 285 g/mol. The molecule has 0 spiro atoms. The number of pyridine rings is 1. The Morgan fingerprint density at radius 2 is 2.17 bits per heavy atom. The molecule has 0 aromatic carbocycles. The normalized spacial score (nSPS) is 11.7. The van der Waals surface area contributed by atoms with E-state index in [0.29, 0.717) is 10.5 Å². The Balaban J connectivity index is 3.33. The van der Waals surface area contributed by atoms with Crippen molar-refractivity contribution in [3.63, 3.8) is 0 Å². The lowest BCUT2D eigenvalue weighted by Gasteiger charge is -2.08. The van der Waals surface area contributed by atoms with Crippen molar-refractivity contribution in [3.05, 3.63) is 31.8 Å². The Kier molecular flexibility index (Phi) is 2.50. The van der Waals surface area contributed by atoms with E-state index in [4.69, 9.17) is 0 Å². The highest BCUT2D eigenvalue weighted by molar-refractivity contribution is 14.1. The van der Waals surface area contributed by atoms with E-state index in [1.165, 1.54) is 12.3 Å². The molecule has 12 heavy (non-hydrogen) atoms. The predicted molar refractivity (Wildman–Crippen MR) is 49.3 cm³/mol. The summed E-state index contributed by atoms with van der Waals surface area (Å²) >= 11 is 1.86. The van der Waals surface area contributed by atoms with Crippen molar-refractivity contribution in [1.29, 1.82) is 0 Å². The number of rotatable bonds is 1. The van der Waals surface area contributed by atoms with Gasteiger partial charge >= 0.3 is 0 Å². The van der Waals surface area contributed by atoms with Crippen LogP contribution in [0.15, 0.2) is 17.1 Å². The topological polar surface area (TPSA) is 32.9 Å². The number of halogens is 3. The van der Waals surface area contributed by atoms with Crippen molar-refractivity contribution in [1.82, 2.24) is 4.98 Å². The molecular formula is C7H6F2INO. The van der Waals surface area contributed by atoms with E-state index in [0.717, 1.165) is 0 Å². The summed E-state index contributed by atoms with van der Waals surface area (Å²) in [5.74, 6) is -3.07. The van der Waals surface area contributed by atoms with Gasteiger partial charge in [-0.2, -0.15) is 0 Å². The molecule has 0 aliphatic carbocycles. The summed E-state index contributed by atoms with van der Waals surface area (Å²) in [5.41, 5.74) is -1.22. The lowest BCUT2D eigenvalue weighted by atomic mass is 10.2. The van der Waals surface area contributed by atoms with Crippen LogP contribution in [0.2, 0.25) is 0 Å². The summed E-state index contributed by atoms with van der Waals surface area (Å²) in [4.78, 5) is 13.1. The first-order chi connectivity index (χ1) is 5.41. The highest BCUT2D eigenvalue weighted by atomic mass is 127. The highest BCUT2D eigenvalue weighted by Crippen LogP contribution is 2.24. The van der Waals surface area contributed by atoms with Crippen LogP contribution < -0.4 is 5.56 Å². The third-order valence-electron chi connectivity index (χ3n) is 1.34. The van der Waals surface area contributed by atoms with Crippen molar-refractivity contribution >= 4 is 22.6 Å².